The summed E-state index contributed by atoms with van der Waals surface area (Å²) in [6, 6.07) is 1.32. The molecule has 1 aromatic heterocycles. The van der Waals surface area contributed by atoms with Gasteiger partial charge in [0, 0.05) is 45.5 Å². The Hall–Kier alpha value is -1.74. The van der Waals surface area contributed by atoms with Gasteiger partial charge in [-0.25, -0.2) is 18.4 Å². The molecular weight excluding hydrogens is 342 g/mol. The van der Waals surface area contributed by atoms with Gasteiger partial charge in [-0.15, -0.1) is 0 Å². The van der Waals surface area contributed by atoms with Crippen LogP contribution in [-0.2, 0) is 9.84 Å². The van der Waals surface area contributed by atoms with E-state index in [-0.39, 0.29) is 23.5 Å². The normalized spacial score (nSPS) is 23.6. The Morgan fingerprint density at radius 1 is 1.32 bits per heavy atom. The van der Waals surface area contributed by atoms with Gasteiger partial charge in [-0.05, 0) is 19.0 Å². The highest BCUT2D eigenvalue weighted by Gasteiger charge is 2.33. The minimum Gasteiger partial charge on any atom is -0.338 e. The van der Waals surface area contributed by atoms with Gasteiger partial charge in [0.05, 0.1) is 11.5 Å². The first-order valence-electron chi connectivity index (χ1n) is 8.67. The van der Waals surface area contributed by atoms with Crippen molar-refractivity contribution in [2.45, 2.75) is 19.4 Å². The lowest BCUT2D eigenvalue weighted by Gasteiger charge is -2.34. The molecule has 1 unspecified atom stereocenters. The molecule has 1 atom stereocenters. The monoisotopic (exact) mass is 367 g/mol. The quantitative estimate of drug-likeness (QED) is 0.733. The number of rotatable bonds is 4. The molecule has 0 saturated carbocycles. The second-order valence-corrected chi connectivity index (χ2v) is 8.86. The fraction of sp³-hybridized carbons (Fsp3) is 0.688. The molecule has 0 radical (unpaired) electrons. The first kappa shape index (κ1) is 18.1. The molecule has 1 aromatic rings. The Balaban J connectivity index is 1.70. The summed E-state index contributed by atoms with van der Waals surface area (Å²) in [5, 5.41) is 0. The number of likely N-dealkylation sites (N-methyl/N-ethyl adjacent to an activating group) is 1. The molecule has 0 spiro atoms. The van der Waals surface area contributed by atoms with E-state index in [0.29, 0.717) is 18.1 Å². The Kier molecular flexibility index (Phi) is 5.24. The van der Waals surface area contributed by atoms with Crippen molar-refractivity contribution < 1.29 is 13.2 Å². The maximum absolute atomic E-state index is 12.7. The van der Waals surface area contributed by atoms with Crippen LogP contribution in [0.25, 0.3) is 0 Å². The largest absolute Gasteiger partial charge is 0.338 e. The lowest BCUT2D eigenvalue weighted by molar-refractivity contribution is 0.0741. The summed E-state index contributed by atoms with van der Waals surface area (Å²) in [5.41, 5.74) is 0.315. The molecule has 8 nitrogen and oxygen atoms in total. The van der Waals surface area contributed by atoms with E-state index in [2.05, 4.69) is 26.7 Å². The Bertz CT molecular complexity index is 731. The zero-order valence-corrected chi connectivity index (χ0v) is 15.6. The number of piperazine rings is 1. The third-order valence-corrected chi connectivity index (χ3v) is 6.79. The number of hydrogen-bond acceptors (Lipinski definition) is 7. The van der Waals surface area contributed by atoms with Crippen LogP contribution in [-0.4, -0.2) is 91.4 Å². The molecule has 0 aromatic carbocycles. The van der Waals surface area contributed by atoms with Crippen LogP contribution >= 0.6 is 0 Å². The van der Waals surface area contributed by atoms with Crippen LogP contribution in [0.1, 0.15) is 23.8 Å². The molecule has 2 aliphatic heterocycles. The van der Waals surface area contributed by atoms with Gasteiger partial charge in [-0.2, -0.15) is 0 Å². The zero-order chi connectivity index (χ0) is 18.0. The van der Waals surface area contributed by atoms with Crippen LogP contribution in [0.4, 0.5) is 5.95 Å². The van der Waals surface area contributed by atoms with Crippen molar-refractivity contribution in [1.29, 1.82) is 0 Å². The van der Waals surface area contributed by atoms with Gasteiger partial charge in [0.25, 0.3) is 5.91 Å². The highest BCUT2D eigenvalue weighted by molar-refractivity contribution is 7.91. The van der Waals surface area contributed by atoms with E-state index in [1.165, 1.54) is 4.90 Å². The highest BCUT2D eigenvalue weighted by atomic mass is 32.2. The lowest BCUT2D eigenvalue weighted by atomic mass is 10.2. The minimum atomic E-state index is -3.03. The van der Waals surface area contributed by atoms with Crippen molar-refractivity contribution in [2.75, 3.05) is 56.2 Å². The number of sulfone groups is 1. The first-order chi connectivity index (χ1) is 11.9. The predicted octanol–water partition coefficient (Wildman–Crippen LogP) is -0.122. The zero-order valence-electron chi connectivity index (χ0n) is 14.8. The molecule has 25 heavy (non-hydrogen) atoms. The highest BCUT2D eigenvalue weighted by Crippen LogP contribution is 2.19. The smallest absolute Gasteiger partial charge is 0.272 e. The molecule has 138 valence electrons. The number of carbonyl (C=O) groups excluding carboxylic acids is 1. The van der Waals surface area contributed by atoms with E-state index >= 15 is 0 Å². The third-order valence-electron chi connectivity index (χ3n) is 5.04. The molecule has 0 bridgehead atoms. The minimum absolute atomic E-state index is 0.0339. The van der Waals surface area contributed by atoms with Crippen molar-refractivity contribution in [1.82, 2.24) is 19.8 Å². The van der Waals surface area contributed by atoms with Crippen LogP contribution in [0.3, 0.4) is 0 Å². The fourth-order valence-corrected chi connectivity index (χ4v) is 5.09. The maximum atomic E-state index is 12.7. The van der Waals surface area contributed by atoms with Crippen molar-refractivity contribution >= 4 is 21.7 Å². The lowest BCUT2D eigenvalue weighted by Crippen LogP contribution is -2.47. The van der Waals surface area contributed by atoms with Crippen molar-refractivity contribution in [2.24, 2.45) is 0 Å². The van der Waals surface area contributed by atoms with Gasteiger partial charge in [-0.3, -0.25) is 4.79 Å². The second-order valence-electron chi connectivity index (χ2n) is 6.64. The van der Waals surface area contributed by atoms with Gasteiger partial charge in [0.2, 0.25) is 5.95 Å². The van der Waals surface area contributed by atoms with E-state index in [4.69, 9.17) is 0 Å². The molecule has 2 saturated heterocycles. The predicted molar refractivity (Wildman–Crippen MR) is 95.5 cm³/mol. The average molecular weight is 367 g/mol. The number of aromatic nitrogens is 2. The van der Waals surface area contributed by atoms with Crippen LogP contribution in [0.5, 0.6) is 0 Å². The standard InChI is InChI=1S/C16H25N5O3S/c1-3-20-7-9-21(10-8-20)16-17-6-4-14(18-16)15(22)19(2)13-5-11-25(23,24)12-13/h4,6,13H,3,5,7-12H2,1-2H3. The first-order valence-corrected chi connectivity index (χ1v) is 10.5. The number of nitrogens with zero attached hydrogens (tertiary/aromatic N) is 5. The SMILES string of the molecule is CCN1CCN(c2nccc(C(=O)N(C)C3CCS(=O)(=O)C3)n2)CC1. The topological polar surface area (TPSA) is 86.7 Å². The van der Waals surface area contributed by atoms with Gasteiger partial charge in [-0.1, -0.05) is 6.92 Å². The van der Waals surface area contributed by atoms with Crippen LogP contribution in [0.2, 0.25) is 0 Å². The second kappa shape index (κ2) is 7.25. The number of carbonyl (C=O) groups is 1. The molecule has 1 amide bonds. The van der Waals surface area contributed by atoms with E-state index in [0.717, 1.165) is 32.7 Å². The molecule has 3 rings (SSSR count). The maximum Gasteiger partial charge on any atom is 0.272 e. The Morgan fingerprint density at radius 3 is 2.64 bits per heavy atom. The van der Waals surface area contributed by atoms with Crippen LogP contribution in [0.15, 0.2) is 12.3 Å². The molecule has 0 N–H and O–H groups in total. The van der Waals surface area contributed by atoms with Gasteiger partial charge >= 0.3 is 0 Å². The molecule has 3 heterocycles. The summed E-state index contributed by atoms with van der Waals surface area (Å²) in [6.45, 7) is 6.76. The molecule has 9 heteroatoms. The molecular formula is C16H25N5O3S. The average Bonchev–Trinajstić information content (AvgIpc) is 3.00. The van der Waals surface area contributed by atoms with Crippen LogP contribution < -0.4 is 4.90 Å². The number of anilines is 1. The van der Waals surface area contributed by atoms with Gasteiger partial charge < -0.3 is 14.7 Å². The summed E-state index contributed by atoms with van der Waals surface area (Å²) in [6.07, 6.45) is 2.09. The van der Waals surface area contributed by atoms with E-state index in [1.807, 2.05) is 0 Å². The summed E-state index contributed by atoms with van der Waals surface area (Å²) in [5.74, 6) is 0.491. The third kappa shape index (κ3) is 4.09. The summed E-state index contributed by atoms with van der Waals surface area (Å²) >= 11 is 0. The molecule has 2 fully saturated rings. The molecule has 0 aliphatic carbocycles. The van der Waals surface area contributed by atoms with E-state index in [1.54, 1.807) is 19.3 Å². The number of hydrogen-bond donors (Lipinski definition) is 0. The van der Waals surface area contributed by atoms with Gasteiger partial charge in [0.15, 0.2) is 9.84 Å². The Labute approximate surface area is 148 Å². The van der Waals surface area contributed by atoms with E-state index in [9.17, 15) is 13.2 Å². The fourth-order valence-electron chi connectivity index (χ4n) is 3.31. The summed E-state index contributed by atoms with van der Waals surface area (Å²) in [4.78, 5) is 27.4. The molecule has 2 aliphatic rings. The van der Waals surface area contributed by atoms with Crippen molar-refractivity contribution in [3.63, 3.8) is 0 Å². The van der Waals surface area contributed by atoms with Gasteiger partial charge in [0.1, 0.15) is 5.69 Å². The van der Waals surface area contributed by atoms with E-state index < -0.39 is 9.84 Å². The van der Waals surface area contributed by atoms with Crippen molar-refractivity contribution in [3.8, 4) is 0 Å². The summed E-state index contributed by atoms with van der Waals surface area (Å²) < 4.78 is 23.3. The Morgan fingerprint density at radius 2 is 2.04 bits per heavy atom. The van der Waals surface area contributed by atoms with Crippen molar-refractivity contribution in [3.05, 3.63) is 18.0 Å². The summed E-state index contributed by atoms with van der Waals surface area (Å²) in [7, 11) is -1.38. The number of amides is 1. The van der Waals surface area contributed by atoms with Crippen LogP contribution in [0, 0.1) is 0 Å².